The second-order valence-corrected chi connectivity index (χ2v) is 7.52. The Morgan fingerprint density at radius 3 is 2.61 bits per heavy atom. The van der Waals surface area contributed by atoms with E-state index in [0.717, 1.165) is 21.7 Å². The van der Waals surface area contributed by atoms with Crippen LogP contribution in [0.3, 0.4) is 0 Å². The summed E-state index contributed by atoms with van der Waals surface area (Å²) >= 11 is 1.59. The van der Waals surface area contributed by atoms with E-state index in [4.69, 9.17) is 5.10 Å². The van der Waals surface area contributed by atoms with E-state index in [1.807, 2.05) is 65.8 Å². The fourth-order valence-electron chi connectivity index (χ4n) is 3.07. The van der Waals surface area contributed by atoms with Crippen molar-refractivity contribution in [2.45, 2.75) is 13.1 Å². The van der Waals surface area contributed by atoms with Crippen LogP contribution in [0.5, 0.6) is 0 Å². The van der Waals surface area contributed by atoms with Crippen LogP contribution < -0.4 is 0 Å². The van der Waals surface area contributed by atoms with Crippen molar-refractivity contribution in [3.63, 3.8) is 0 Å². The summed E-state index contributed by atoms with van der Waals surface area (Å²) in [6, 6.07) is 17.9. The van der Waals surface area contributed by atoms with E-state index in [-0.39, 0.29) is 5.91 Å². The number of carbonyl (C=O) groups is 1. The Bertz CT molecular complexity index is 1040. The third-order valence-corrected chi connectivity index (χ3v) is 5.30. The zero-order valence-electron chi connectivity index (χ0n) is 15.5. The number of aromatic nitrogens is 3. The lowest BCUT2D eigenvalue weighted by atomic mass is 10.2. The number of benzene rings is 1. The first-order chi connectivity index (χ1) is 13.7. The molecular formula is C22H20N4OS. The predicted molar refractivity (Wildman–Crippen MR) is 111 cm³/mol. The van der Waals surface area contributed by atoms with Gasteiger partial charge in [0.1, 0.15) is 5.69 Å². The maximum absolute atomic E-state index is 13.2. The summed E-state index contributed by atoms with van der Waals surface area (Å²) in [6.07, 6.45) is 5.36. The van der Waals surface area contributed by atoms with Gasteiger partial charge in [-0.1, -0.05) is 42.5 Å². The molecule has 0 fully saturated rings. The van der Waals surface area contributed by atoms with Gasteiger partial charge in [0.2, 0.25) is 0 Å². The molecule has 4 rings (SSSR count). The van der Waals surface area contributed by atoms with E-state index in [0.29, 0.717) is 18.7 Å². The quantitative estimate of drug-likeness (QED) is 0.494. The van der Waals surface area contributed by atoms with E-state index in [9.17, 15) is 4.79 Å². The number of pyridine rings is 1. The summed E-state index contributed by atoms with van der Waals surface area (Å²) < 4.78 is 1.84. The predicted octanol–water partition coefficient (Wildman–Crippen LogP) is 4.33. The van der Waals surface area contributed by atoms with Gasteiger partial charge in [-0.25, -0.2) is 0 Å². The molecule has 140 valence electrons. The number of amides is 1. The molecule has 4 aromatic rings. The van der Waals surface area contributed by atoms with Crippen molar-refractivity contribution in [2.24, 2.45) is 0 Å². The molecule has 0 spiro atoms. The van der Waals surface area contributed by atoms with Crippen LogP contribution in [-0.4, -0.2) is 32.6 Å². The zero-order chi connectivity index (χ0) is 19.3. The standard InChI is InChI=1S/C22H20N4OS/c1-25(14-18-9-5-11-23-13-18)22(27)19-16-26(15-17-7-3-2-4-8-17)24-21(19)20-10-6-12-28-20/h2-13,16H,14-15H2,1H3. The molecule has 0 saturated carbocycles. The smallest absolute Gasteiger partial charge is 0.257 e. The van der Waals surface area contributed by atoms with Crippen molar-refractivity contribution in [3.05, 3.63) is 95.3 Å². The van der Waals surface area contributed by atoms with E-state index >= 15 is 0 Å². The summed E-state index contributed by atoms with van der Waals surface area (Å²) in [5.41, 5.74) is 3.48. The van der Waals surface area contributed by atoms with Crippen LogP contribution in [0.25, 0.3) is 10.6 Å². The molecule has 0 aliphatic rings. The van der Waals surface area contributed by atoms with Crippen LogP contribution in [0.4, 0.5) is 0 Å². The SMILES string of the molecule is CN(Cc1cccnc1)C(=O)c1cn(Cc2ccccc2)nc1-c1cccs1. The monoisotopic (exact) mass is 388 g/mol. The molecule has 0 aliphatic heterocycles. The Labute approximate surface area is 167 Å². The Kier molecular flexibility index (Phi) is 5.30. The van der Waals surface area contributed by atoms with Gasteiger partial charge in [-0.15, -0.1) is 11.3 Å². The van der Waals surface area contributed by atoms with Gasteiger partial charge in [0.15, 0.2) is 0 Å². The highest BCUT2D eigenvalue weighted by Gasteiger charge is 2.22. The third-order valence-electron chi connectivity index (χ3n) is 4.42. The van der Waals surface area contributed by atoms with Crippen molar-refractivity contribution in [3.8, 4) is 10.6 Å². The van der Waals surface area contributed by atoms with Gasteiger partial charge >= 0.3 is 0 Å². The lowest BCUT2D eigenvalue weighted by Crippen LogP contribution is -2.26. The van der Waals surface area contributed by atoms with Gasteiger partial charge in [-0.2, -0.15) is 5.10 Å². The zero-order valence-corrected chi connectivity index (χ0v) is 16.3. The first kappa shape index (κ1) is 18.1. The fraction of sp³-hybridized carbons (Fsp3) is 0.136. The van der Waals surface area contributed by atoms with Gasteiger partial charge in [-0.05, 0) is 28.6 Å². The number of hydrogen-bond acceptors (Lipinski definition) is 4. The Morgan fingerprint density at radius 1 is 1.07 bits per heavy atom. The van der Waals surface area contributed by atoms with Crippen molar-refractivity contribution in [1.82, 2.24) is 19.7 Å². The van der Waals surface area contributed by atoms with Crippen LogP contribution in [0.1, 0.15) is 21.5 Å². The average molecular weight is 388 g/mol. The van der Waals surface area contributed by atoms with Crippen LogP contribution in [-0.2, 0) is 13.1 Å². The Hall–Kier alpha value is -3.25. The van der Waals surface area contributed by atoms with E-state index in [2.05, 4.69) is 17.1 Å². The molecule has 0 saturated heterocycles. The lowest BCUT2D eigenvalue weighted by Gasteiger charge is -2.16. The molecule has 6 heteroatoms. The first-order valence-corrected chi connectivity index (χ1v) is 9.88. The lowest BCUT2D eigenvalue weighted by molar-refractivity contribution is 0.0785. The summed E-state index contributed by atoms with van der Waals surface area (Å²) in [5.74, 6) is -0.0495. The normalized spacial score (nSPS) is 10.8. The van der Waals surface area contributed by atoms with Crippen molar-refractivity contribution < 1.29 is 4.79 Å². The molecule has 0 radical (unpaired) electrons. The van der Waals surface area contributed by atoms with E-state index in [1.54, 1.807) is 28.6 Å². The minimum absolute atomic E-state index is 0.0495. The van der Waals surface area contributed by atoms with Crippen LogP contribution >= 0.6 is 11.3 Å². The average Bonchev–Trinajstić information content (AvgIpc) is 3.39. The second-order valence-electron chi connectivity index (χ2n) is 6.57. The molecule has 0 atom stereocenters. The molecular weight excluding hydrogens is 368 g/mol. The second kappa shape index (κ2) is 8.19. The molecule has 0 N–H and O–H groups in total. The van der Waals surface area contributed by atoms with Crippen LogP contribution in [0.15, 0.2) is 78.6 Å². The molecule has 1 amide bonds. The topological polar surface area (TPSA) is 51.0 Å². The van der Waals surface area contributed by atoms with Crippen molar-refractivity contribution in [2.75, 3.05) is 7.05 Å². The Morgan fingerprint density at radius 2 is 1.89 bits per heavy atom. The fourth-order valence-corrected chi connectivity index (χ4v) is 3.79. The minimum atomic E-state index is -0.0495. The Balaban J connectivity index is 1.63. The van der Waals surface area contributed by atoms with Gasteiger partial charge in [0.25, 0.3) is 5.91 Å². The van der Waals surface area contributed by atoms with Gasteiger partial charge in [0.05, 0.1) is 17.0 Å². The van der Waals surface area contributed by atoms with Gasteiger partial charge in [0, 0.05) is 32.2 Å². The minimum Gasteiger partial charge on any atom is -0.337 e. The summed E-state index contributed by atoms with van der Waals surface area (Å²) in [4.78, 5) is 20.0. The van der Waals surface area contributed by atoms with Crippen LogP contribution in [0.2, 0.25) is 0 Å². The third kappa shape index (κ3) is 4.02. The highest BCUT2D eigenvalue weighted by Crippen LogP contribution is 2.28. The van der Waals surface area contributed by atoms with Crippen molar-refractivity contribution in [1.29, 1.82) is 0 Å². The molecule has 0 bridgehead atoms. The number of rotatable bonds is 6. The van der Waals surface area contributed by atoms with Crippen LogP contribution in [0, 0.1) is 0 Å². The van der Waals surface area contributed by atoms with Gasteiger partial charge in [-0.3, -0.25) is 14.5 Å². The molecule has 1 aromatic carbocycles. The summed E-state index contributed by atoms with van der Waals surface area (Å²) in [5, 5.41) is 6.72. The van der Waals surface area contributed by atoms with E-state index in [1.165, 1.54) is 0 Å². The maximum atomic E-state index is 13.2. The molecule has 0 aliphatic carbocycles. The van der Waals surface area contributed by atoms with Crippen molar-refractivity contribution >= 4 is 17.2 Å². The number of carbonyl (C=O) groups excluding carboxylic acids is 1. The molecule has 5 nitrogen and oxygen atoms in total. The first-order valence-electron chi connectivity index (χ1n) is 9.00. The molecule has 3 aromatic heterocycles. The highest BCUT2D eigenvalue weighted by atomic mass is 32.1. The molecule has 28 heavy (non-hydrogen) atoms. The molecule has 0 unspecified atom stereocenters. The summed E-state index contributed by atoms with van der Waals surface area (Å²) in [6.45, 7) is 1.12. The number of thiophene rings is 1. The van der Waals surface area contributed by atoms with Gasteiger partial charge < -0.3 is 4.90 Å². The number of hydrogen-bond donors (Lipinski definition) is 0. The number of nitrogens with zero attached hydrogens (tertiary/aromatic N) is 4. The molecule has 3 heterocycles. The summed E-state index contributed by atoms with van der Waals surface area (Å²) in [7, 11) is 1.81. The van der Waals surface area contributed by atoms with E-state index < -0.39 is 0 Å². The maximum Gasteiger partial charge on any atom is 0.257 e. The highest BCUT2D eigenvalue weighted by molar-refractivity contribution is 7.13. The largest absolute Gasteiger partial charge is 0.337 e.